The van der Waals surface area contributed by atoms with Gasteiger partial charge in [-0.3, -0.25) is 4.99 Å². The van der Waals surface area contributed by atoms with Gasteiger partial charge < -0.3 is 10.6 Å². The summed E-state index contributed by atoms with van der Waals surface area (Å²) >= 11 is 0. The summed E-state index contributed by atoms with van der Waals surface area (Å²) in [5.41, 5.74) is 0.621. The van der Waals surface area contributed by atoms with E-state index >= 15 is 0 Å². The number of aliphatic imine (C=N–C) groups is 1. The van der Waals surface area contributed by atoms with Crippen molar-refractivity contribution in [2.75, 3.05) is 19.6 Å². The smallest absolute Gasteiger partial charge is 0.191 e. The van der Waals surface area contributed by atoms with Crippen LogP contribution in [-0.4, -0.2) is 25.6 Å². The summed E-state index contributed by atoms with van der Waals surface area (Å²) in [6.07, 6.45) is 5.72. The molecule has 86 valence electrons. The molecule has 2 N–H and O–H groups in total. The molecule has 15 heavy (non-hydrogen) atoms. The molecule has 2 fully saturated rings. The van der Waals surface area contributed by atoms with Crippen LogP contribution < -0.4 is 10.6 Å². The van der Waals surface area contributed by atoms with Crippen LogP contribution in [0.2, 0.25) is 0 Å². The molecule has 0 radical (unpaired) electrons. The monoisotopic (exact) mass is 209 g/mol. The van der Waals surface area contributed by atoms with Crippen molar-refractivity contribution in [1.82, 2.24) is 10.6 Å². The van der Waals surface area contributed by atoms with Crippen LogP contribution >= 0.6 is 0 Å². The number of nitrogens with one attached hydrogen (secondary N) is 2. The molecule has 0 aromatic heterocycles. The molecule has 3 nitrogen and oxygen atoms in total. The molecule has 0 aliphatic heterocycles. The number of guanidine groups is 1. The van der Waals surface area contributed by atoms with Crippen LogP contribution in [-0.2, 0) is 0 Å². The molecule has 0 unspecified atom stereocenters. The van der Waals surface area contributed by atoms with Gasteiger partial charge >= 0.3 is 0 Å². The normalized spacial score (nSPS) is 22.0. The third-order valence-electron chi connectivity index (χ3n) is 3.58. The van der Waals surface area contributed by atoms with Gasteiger partial charge in [0.2, 0.25) is 0 Å². The topological polar surface area (TPSA) is 36.4 Å². The molecular weight excluding hydrogens is 186 g/mol. The second-order valence-corrected chi connectivity index (χ2v) is 4.86. The maximum absolute atomic E-state index is 4.69. The Morgan fingerprint density at radius 1 is 1.20 bits per heavy atom. The van der Waals surface area contributed by atoms with E-state index in [2.05, 4.69) is 24.5 Å². The third kappa shape index (κ3) is 2.64. The van der Waals surface area contributed by atoms with E-state index in [1.807, 2.05) is 0 Å². The highest BCUT2D eigenvalue weighted by molar-refractivity contribution is 5.79. The van der Waals surface area contributed by atoms with Crippen molar-refractivity contribution in [1.29, 1.82) is 0 Å². The van der Waals surface area contributed by atoms with Crippen molar-refractivity contribution in [2.24, 2.45) is 16.3 Å². The van der Waals surface area contributed by atoms with Crippen molar-refractivity contribution >= 4 is 5.96 Å². The highest BCUT2D eigenvalue weighted by atomic mass is 15.2. The van der Waals surface area contributed by atoms with Gasteiger partial charge in [0.05, 0.1) is 0 Å². The fourth-order valence-electron chi connectivity index (χ4n) is 2.30. The lowest BCUT2D eigenvalue weighted by molar-refractivity contribution is 0.452. The Kier molecular flexibility index (Phi) is 3.17. The number of rotatable bonds is 5. The zero-order chi connectivity index (χ0) is 10.7. The summed E-state index contributed by atoms with van der Waals surface area (Å²) in [5.74, 6) is 2.00. The van der Waals surface area contributed by atoms with Crippen LogP contribution in [0, 0.1) is 11.3 Å². The van der Waals surface area contributed by atoms with E-state index in [1.165, 1.54) is 25.7 Å². The Balaban J connectivity index is 1.83. The highest BCUT2D eigenvalue weighted by Gasteiger charge is 2.53. The first-order chi connectivity index (χ1) is 7.30. The maximum atomic E-state index is 4.69. The second-order valence-electron chi connectivity index (χ2n) is 4.86. The lowest BCUT2D eigenvalue weighted by Crippen LogP contribution is -2.37. The fourth-order valence-corrected chi connectivity index (χ4v) is 2.30. The molecule has 0 spiro atoms. The van der Waals surface area contributed by atoms with E-state index in [0.717, 1.165) is 31.5 Å². The number of nitrogens with zero attached hydrogens (tertiary/aromatic N) is 1. The molecular formula is C12H23N3. The SMILES string of the molecule is CCNC(=NCC1(C2CC2)CC1)NCC. The second kappa shape index (κ2) is 4.42. The van der Waals surface area contributed by atoms with Gasteiger partial charge in [0.15, 0.2) is 5.96 Å². The zero-order valence-corrected chi connectivity index (χ0v) is 9.97. The molecule has 2 rings (SSSR count). The van der Waals surface area contributed by atoms with Gasteiger partial charge in [-0.05, 0) is 50.9 Å². The molecule has 2 aliphatic carbocycles. The van der Waals surface area contributed by atoms with E-state index in [-0.39, 0.29) is 0 Å². The summed E-state index contributed by atoms with van der Waals surface area (Å²) in [6, 6.07) is 0. The van der Waals surface area contributed by atoms with E-state index in [4.69, 9.17) is 4.99 Å². The lowest BCUT2D eigenvalue weighted by atomic mass is 10.0. The van der Waals surface area contributed by atoms with Gasteiger partial charge in [-0.25, -0.2) is 0 Å². The Hall–Kier alpha value is -0.730. The summed E-state index contributed by atoms with van der Waals surface area (Å²) in [5, 5.41) is 6.56. The molecule has 2 saturated carbocycles. The van der Waals surface area contributed by atoms with Gasteiger partial charge in [-0.2, -0.15) is 0 Å². The molecule has 0 atom stereocenters. The first kappa shape index (κ1) is 10.8. The van der Waals surface area contributed by atoms with Crippen molar-refractivity contribution in [3.8, 4) is 0 Å². The minimum atomic E-state index is 0.621. The van der Waals surface area contributed by atoms with Crippen LogP contribution in [0.15, 0.2) is 4.99 Å². The molecule has 3 heteroatoms. The van der Waals surface area contributed by atoms with Crippen molar-refractivity contribution in [3.63, 3.8) is 0 Å². The van der Waals surface area contributed by atoms with Crippen LogP contribution in [0.4, 0.5) is 0 Å². The standard InChI is InChI=1S/C12H23N3/c1-3-13-11(14-4-2)15-9-12(7-8-12)10-5-6-10/h10H,3-9H2,1-2H3,(H2,13,14,15). The van der Waals surface area contributed by atoms with E-state index in [9.17, 15) is 0 Å². The Labute approximate surface area is 92.7 Å². The van der Waals surface area contributed by atoms with E-state index < -0.39 is 0 Å². The average Bonchev–Trinajstić information content (AvgIpc) is 3.06. The Bertz CT molecular complexity index is 231. The van der Waals surface area contributed by atoms with Crippen molar-refractivity contribution in [2.45, 2.75) is 39.5 Å². The Morgan fingerprint density at radius 2 is 1.80 bits per heavy atom. The fraction of sp³-hybridized carbons (Fsp3) is 0.917. The molecule has 0 aromatic rings. The van der Waals surface area contributed by atoms with Gasteiger partial charge in [0, 0.05) is 19.6 Å². The number of hydrogen-bond acceptors (Lipinski definition) is 1. The zero-order valence-electron chi connectivity index (χ0n) is 9.97. The predicted octanol–water partition coefficient (Wildman–Crippen LogP) is 1.75. The van der Waals surface area contributed by atoms with Crippen molar-refractivity contribution in [3.05, 3.63) is 0 Å². The molecule has 2 aliphatic rings. The van der Waals surface area contributed by atoms with Crippen LogP contribution in [0.5, 0.6) is 0 Å². The van der Waals surface area contributed by atoms with Crippen LogP contribution in [0.3, 0.4) is 0 Å². The van der Waals surface area contributed by atoms with Gasteiger partial charge in [0.25, 0.3) is 0 Å². The quantitative estimate of drug-likeness (QED) is 0.534. The van der Waals surface area contributed by atoms with Crippen molar-refractivity contribution < 1.29 is 0 Å². The first-order valence-electron chi connectivity index (χ1n) is 6.33. The Morgan fingerprint density at radius 3 is 2.20 bits per heavy atom. The summed E-state index contributed by atoms with van der Waals surface area (Å²) in [4.78, 5) is 4.69. The minimum absolute atomic E-state index is 0.621. The molecule has 0 bridgehead atoms. The first-order valence-corrected chi connectivity index (χ1v) is 6.33. The lowest BCUT2D eigenvalue weighted by Gasteiger charge is -2.13. The van der Waals surface area contributed by atoms with Crippen LogP contribution in [0.1, 0.15) is 39.5 Å². The summed E-state index contributed by atoms with van der Waals surface area (Å²) in [6.45, 7) is 7.15. The largest absolute Gasteiger partial charge is 0.357 e. The predicted molar refractivity (Wildman–Crippen MR) is 64.0 cm³/mol. The molecule has 0 amide bonds. The van der Waals surface area contributed by atoms with Gasteiger partial charge in [0.1, 0.15) is 0 Å². The summed E-state index contributed by atoms with van der Waals surface area (Å²) in [7, 11) is 0. The van der Waals surface area contributed by atoms with Crippen LogP contribution in [0.25, 0.3) is 0 Å². The van der Waals surface area contributed by atoms with Gasteiger partial charge in [-0.1, -0.05) is 0 Å². The highest BCUT2D eigenvalue weighted by Crippen LogP contribution is 2.61. The van der Waals surface area contributed by atoms with E-state index in [0.29, 0.717) is 5.41 Å². The number of hydrogen-bond donors (Lipinski definition) is 2. The maximum Gasteiger partial charge on any atom is 0.191 e. The molecule has 0 heterocycles. The molecule has 0 aromatic carbocycles. The summed E-state index contributed by atoms with van der Waals surface area (Å²) < 4.78 is 0. The van der Waals surface area contributed by atoms with Gasteiger partial charge in [-0.15, -0.1) is 0 Å². The minimum Gasteiger partial charge on any atom is -0.357 e. The van der Waals surface area contributed by atoms with E-state index in [1.54, 1.807) is 0 Å². The third-order valence-corrected chi connectivity index (χ3v) is 3.58. The molecule has 0 saturated heterocycles. The average molecular weight is 209 g/mol.